The molecule has 0 saturated carbocycles. The first-order chi connectivity index (χ1) is 14.3. The van der Waals surface area contributed by atoms with Gasteiger partial charge in [-0.3, -0.25) is 19.8 Å². The molecule has 0 atom stereocenters. The number of non-ortho nitro benzene ring substituents is 1. The van der Waals surface area contributed by atoms with Crippen molar-refractivity contribution in [1.29, 1.82) is 0 Å². The molecule has 1 aliphatic heterocycles. The Morgan fingerprint density at radius 1 is 1.23 bits per heavy atom. The number of nitrogens with zero attached hydrogens (tertiary/aromatic N) is 2. The number of nitro groups is 1. The number of carbonyl (C=O) groups excluding carboxylic acids is 1. The number of rotatable bonds is 8. The van der Waals surface area contributed by atoms with Gasteiger partial charge in [0, 0.05) is 49.7 Å². The third-order valence-corrected chi connectivity index (χ3v) is 7.61. The van der Waals surface area contributed by atoms with Gasteiger partial charge in [-0.25, -0.2) is 8.42 Å². The summed E-state index contributed by atoms with van der Waals surface area (Å²) < 4.78 is 23.0. The van der Waals surface area contributed by atoms with E-state index in [1.54, 1.807) is 12.1 Å². The number of amides is 1. The summed E-state index contributed by atoms with van der Waals surface area (Å²) in [6.45, 7) is 4.59. The predicted octanol–water partition coefficient (Wildman–Crippen LogP) is 2.22. The van der Waals surface area contributed by atoms with Crippen molar-refractivity contribution >= 4 is 38.5 Å². The Kier molecular flexibility index (Phi) is 7.06. The van der Waals surface area contributed by atoms with Gasteiger partial charge in [0.05, 0.1) is 22.1 Å². The molecule has 0 bridgehead atoms. The predicted molar refractivity (Wildman–Crippen MR) is 118 cm³/mol. The molecule has 0 unspecified atom stereocenters. The van der Waals surface area contributed by atoms with Crippen molar-refractivity contribution in [3.05, 3.63) is 45.3 Å². The number of nitro benzene ring substituents is 1. The highest BCUT2D eigenvalue weighted by Gasteiger charge is 2.22. The summed E-state index contributed by atoms with van der Waals surface area (Å²) in [5.41, 5.74) is 1.54. The minimum absolute atomic E-state index is 0.0192. The number of thiophene rings is 1. The highest BCUT2D eigenvalue weighted by molar-refractivity contribution is 7.91. The van der Waals surface area contributed by atoms with E-state index in [2.05, 4.69) is 10.6 Å². The molecule has 1 saturated heterocycles. The topological polar surface area (TPSA) is 122 Å². The summed E-state index contributed by atoms with van der Waals surface area (Å²) in [6, 6.07) is 8.11. The molecular formula is C19H24N4O5S2. The fourth-order valence-corrected chi connectivity index (χ4v) is 5.49. The third-order valence-electron chi connectivity index (χ3n) is 4.82. The van der Waals surface area contributed by atoms with Crippen LogP contribution in [0.5, 0.6) is 0 Å². The van der Waals surface area contributed by atoms with Gasteiger partial charge >= 0.3 is 0 Å². The van der Waals surface area contributed by atoms with Crippen LogP contribution in [0.15, 0.2) is 30.3 Å². The van der Waals surface area contributed by atoms with Gasteiger partial charge in [0.2, 0.25) is 0 Å². The number of hydrogen-bond donors (Lipinski definition) is 2. The molecule has 1 amide bonds. The van der Waals surface area contributed by atoms with E-state index >= 15 is 0 Å². The Balaban J connectivity index is 1.65. The van der Waals surface area contributed by atoms with Crippen molar-refractivity contribution in [2.24, 2.45) is 0 Å². The zero-order chi connectivity index (χ0) is 21.7. The van der Waals surface area contributed by atoms with Crippen molar-refractivity contribution in [1.82, 2.24) is 10.2 Å². The van der Waals surface area contributed by atoms with Gasteiger partial charge in [-0.15, -0.1) is 11.3 Å². The van der Waals surface area contributed by atoms with Gasteiger partial charge in [0.25, 0.3) is 11.6 Å². The monoisotopic (exact) mass is 452 g/mol. The van der Waals surface area contributed by atoms with Crippen molar-refractivity contribution in [3.8, 4) is 10.4 Å². The van der Waals surface area contributed by atoms with Crippen LogP contribution in [-0.2, 0) is 9.84 Å². The molecule has 1 aromatic carbocycles. The van der Waals surface area contributed by atoms with E-state index in [0.29, 0.717) is 37.6 Å². The smallest absolute Gasteiger partial charge is 0.269 e. The van der Waals surface area contributed by atoms with Crippen LogP contribution >= 0.6 is 11.3 Å². The van der Waals surface area contributed by atoms with Crippen LogP contribution in [-0.4, -0.2) is 68.4 Å². The molecular weight excluding hydrogens is 428 g/mol. The van der Waals surface area contributed by atoms with E-state index in [4.69, 9.17) is 0 Å². The zero-order valence-electron chi connectivity index (χ0n) is 16.6. The van der Waals surface area contributed by atoms with Gasteiger partial charge < -0.3 is 10.6 Å². The lowest BCUT2D eigenvalue weighted by Crippen LogP contribution is -2.43. The Bertz CT molecular complexity index is 1000. The summed E-state index contributed by atoms with van der Waals surface area (Å²) in [5, 5.41) is 16.9. The highest BCUT2D eigenvalue weighted by Crippen LogP contribution is 2.35. The van der Waals surface area contributed by atoms with Gasteiger partial charge in [-0.2, -0.15) is 0 Å². The van der Waals surface area contributed by atoms with E-state index in [9.17, 15) is 23.3 Å². The number of benzene rings is 1. The van der Waals surface area contributed by atoms with Gasteiger partial charge in [0.1, 0.15) is 4.88 Å². The third kappa shape index (κ3) is 5.55. The average molecular weight is 453 g/mol. The quantitative estimate of drug-likeness (QED) is 0.465. The first-order valence-electron chi connectivity index (χ1n) is 9.62. The fourth-order valence-electron chi connectivity index (χ4n) is 3.15. The lowest BCUT2D eigenvalue weighted by atomic mass is 10.1. The second-order valence-corrected chi connectivity index (χ2v) is 10.3. The van der Waals surface area contributed by atoms with E-state index in [-0.39, 0.29) is 23.1 Å². The molecule has 1 fully saturated rings. The summed E-state index contributed by atoms with van der Waals surface area (Å²) in [6.07, 6.45) is 0. The first-order valence-corrected chi connectivity index (χ1v) is 12.3. The van der Waals surface area contributed by atoms with Crippen LogP contribution < -0.4 is 10.6 Å². The van der Waals surface area contributed by atoms with Crippen LogP contribution in [0.4, 0.5) is 11.4 Å². The number of hydrogen-bond acceptors (Lipinski definition) is 8. The Morgan fingerprint density at radius 3 is 2.50 bits per heavy atom. The Hall–Kier alpha value is -2.50. The van der Waals surface area contributed by atoms with Gasteiger partial charge in [0.15, 0.2) is 9.84 Å². The Morgan fingerprint density at radius 2 is 1.90 bits per heavy atom. The largest absolute Gasteiger partial charge is 0.384 e. The van der Waals surface area contributed by atoms with Crippen LogP contribution in [0, 0.1) is 10.1 Å². The molecule has 3 rings (SSSR count). The number of anilines is 1. The van der Waals surface area contributed by atoms with Crippen LogP contribution in [0.3, 0.4) is 0 Å². The normalized spacial score (nSPS) is 16.2. The van der Waals surface area contributed by atoms with E-state index in [1.165, 1.54) is 23.5 Å². The number of carbonyl (C=O) groups is 1. The van der Waals surface area contributed by atoms with Crippen molar-refractivity contribution in [3.63, 3.8) is 0 Å². The maximum absolute atomic E-state index is 12.7. The minimum atomic E-state index is -2.92. The second kappa shape index (κ2) is 9.54. The molecule has 2 heterocycles. The summed E-state index contributed by atoms with van der Waals surface area (Å²) >= 11 is 1.32. The van der Waals surface area contributed by atoms with Crippen LogP contribution in [0.25, 0.3) is 10.4 Å². The summed E-state index contributed by atoms with van der Waals surface area (Å²) in [7, 11) is -2.92. The molecule has 11 heteroatoms. The minimum Gasteiger partial charge on any atom is -0.384 e. The lowest BCUT2D eigenvalue weighted by Gasteiger charge is -2.26. The maximum Gasteiger partial charge on any atom is 0.269 e. The number of sulfone groups is 1. The molecule has 0 aliphatic carbocycles. The maximum atomic E-state index is 12.7. The summed E-state index contributed by atoms with van der Waals surface area (Å²) in [4.78, 5) is 26.5. The molecule has 1 aromatic heterocycles. The SMILES string of the molecule is CCNc1cc(-c2ccc([N+](=O)[O-])cc2)sc1C(=O)NCCN1CCS(=O)(=O)CC1. The molecule has 9 nitrogen and oxygen atoms in total. The van der Waals surface area contributed by atoms with E-state index < -0.39 is 14.8 Å². The van der Waals surface area contributed by atoms with Gasteiger partial charge in [-0.1, -0.05) is 0 Å². The second-order valence-electron chi connectivity index (χ2n) is 6.94. The zero-order valence-corrected chi connectivity index (χ0v) is 18.2. The average Bonchev–Trinajstić information content (AvgIpc) is 3.13. The van der Waals surface area contributed by atoms with Crippen LogP contribution in [0.2, 0.25) is 0 Å². The molecule has 0 spiro atoms. The van der Waals surface area contributed by atoms with Crippen molar-refractivity contribution in [2.75, 3.05) is 49.5 Å². The standard InChI is InChI=1S/C19H24N4O5S2/c1-2-20-16-13-17(14-3-5-15(6-4-14)23(25)26)29-18(16)19(24)21-7-8-22-9-11-30(27,28)12-10-22/h3-6,13,20H,2,7-12H2,1H3,(H,21,24). The Labute approximate surface area is 179 Å². The highest BCUT2D eigenvalue weighted by atomic mass is 32.2. The molecule has 2 N–H and O–H groups in total. The van der Waals surface area contributed by atoms with E-state index in [1.807, 2.05) is 17.9 Å². The molecule has 2 aromatic rings. The molecule has 30 heavy (non-hydrogen) atoms. The van der Waals surface area contributed by atoms with Crippen molar-refractivity contribution < 1.29 is 18.1 Å². The lowest BCUT2D eigenvalue weighted by molar-refractivity contribution is -0.384. The van der Waals surface area contributed by atoms with Gasteiger partial charge in [-0.05, 0) is 30.7 Å². The molecule has 1 aliphatic rings. The van der Waals surface area contributed by atoms with Crippen LogP contribution in [0.1, 0.15) is 16.6 Å². The van der Waals surface area contributed by atoms with Crippen molar-refractivity contribution in [2.45, 2.75) is 6.92 Å². The number of nitrogens with one attached hydrogen (secondary N) is 2. The fraction of sp³-hybridized carbons (Fsp3) is 0.421. The first kappa shape index (κ1) is 22.2. The molecule has 0 radical (unpaired) electrons. The van der Waals surface area contributed by atoms with E-state index in [0.717, 1.165) is 16.1 Å². The summed E-state index contributed by atoms with van der Waals surface area (Å²) in [5.74, 6) is 0.123. The molecule has 162 valence electrons.